The third kappa shape index (κ3) is 14.9. The van der Waals surface area contributed by atoms with E-state index in [0.717, 1.165) is 39.5 Å². The van der Waals surface area contributed by atoms with E-state index in [9.17, 15) is 10.2 Å². The molecule has 0 amide bonds. The average molecular weight is 292 g/mol. The minimum atomic E-state index is -0.833. The van der Waals surface area contributed by atoms with Gasteiger partial charge >= 0.3 is 0 Å². The number of carboxylic acids is 2. The van der Waals surface area contributed by atoms with E-state index >= 15 is 0 Å². The molecule has 1 saturated carbocycles. The molecule has 6 nitrogen and oxygen atoms in total. The number of rotatable bonds is 1. The van der Waals surface area contributed by atoms with Crippen LogP contribution in [0.5, 0.6) is 0 Å². The second-order valence-electron chi connectivity index (χ2n) is 5.96. The van der Waals surface area contributed by atoms with Crippen LogP contribution >= 0.6 is 0 Å². The van der Waals surface area contributed by atoms with Crippen molar-refractivity contribution in [2.75, 3.05) is 0 Å². The van der Waals surface area contributed by atoms with E-state index < -0.39 is 23.1 Å². The summed E-state index contributed by atoms with van der Waals surface area (Å²) in [5, 5.41) is 34.2. The third-order valence-corrected chi connectivity index (χ3v) is 3.06. The molecule has 4 N–H and O–H groups in total. The summed E-state index contributed by atoms with van der Waals surface area (Å²) in [5.74, 6) is -1.31. The predicted octanol–water partition coefficient (Wildman–Crippen LogP) is 1.88. The Hall–Kier alpha value is -1.14. The Kier molecular flexibility index (Phi) is 9.44. The van der Waals surface area contributed by atoms with Gasteiger partial charge in [-0.3, -0.25) is 9.59 Å². The molecule has 120 valence electrons. The molecular weight excluding hydrogens is 264 g/mol. The van der Waals surface area contributed by atoms with Gasteiger partial charge in [-0.1, -0.05) is 0 Å². The van der Waals surface area contributed by atoms with Crippen molar-refractivity contribution in [3.63, 3.8) is 0 Å². The smallest absolute Gasteiger partial charge is 0.300 e. The Bertz CT molecular complexity index is 273. The molecule has 0 unspecified atom stereocenters. The Morgan fingerprint density at radius 1 is 1.05 bits per heavy atom. The van der Waals surface area contributed by atoms with Gasteiger partial charge in [0, 0.05) is 13.8 Å². The lowest BCUT2D eigenvalue weighted by Gasteiger charge is -2.38. The molecule has 0 aromatic rings. The van der Waals surface area contributed by atoms with Crippen LogP contribution in [0.1, 0.15) is 60.3 Å². The Balaban J connectivity index is 0. The molecule has 0 spiro atoms. The third-order valence-electron chi connectivity index (χ3n) is 3.06. The van der Waals surface area contributed by atoms with E-state index in [1.54, 1.807) is 0 Å². The first-order valence-corrected chi connectivity index (χ1v) is 6.61. The summed E-state index contributed by atoms with van der Waals surface area (Å²) in [6, 6.07) is 0. The fraction of sp³-hybridized carbons (Fsp3) is 0.857. The maximum absolute atomic E-state index is 9.73. The summed E-state index contributed by atoms with van der Waals surface area (Å²) >= 11 is 0. The van der Waals surface area contributed by atoms with Gasteiger partial charge in [0.05, 0.1) is 11.2 Å². The van der Waals surface area contributed by atoms with Crippen LogP contribution in [0.3, 0.4) is 0 Å². The van der Waals surface area contributed by atoms with Gasteiger partial charge in [-0.2, -0.15) is 0 Å². The molecule has 1 aliphatic rings. The second kappa shape index (κ2) is 8.92. The predicted molar refractivity (Wildman–Crippen MR) is 75.5 cm³/mol. The quantitative estimate of drug-likeness (QED) is 0.586. The van der Waals surface area contributed by atoms with Gasteiger partial charge in [0.25, 0.3) is 11.9 Å². The zero-order chi connectivity index (χ0) is 16.6. The van der Waals surface area contributed by atoms with Crippen LogP contribution in [-0.4, -0.2) is 43.6 Å². The van der Waals surface area contributed by atoms with E-state index in [2.05, 4.69) is 0 Å². The summed E-state index contributed by atoms with van der Waals surface area (Å²) in [7, 11) is 0. The van der Waals surface area contributed by atoms with Crippen LogP contribution < -0.4 is 0 Å². The maximum atomic E-state index is 9.73. The lowest BCUT2D eigenvalue weighted by atomic mass is 9.73. The van der Waals surface area contributed by atoms with E-state index in [0.29, 0.717) is 5.92 Å². The van der Waals surface area contributed by atoms with E-state index in [-0.39, 0.29) is 0 Å². The monoisotopic (exact) mass is 292 g/mol. The van der Waals surface area contributed by atoms with Gasteiger partial charge in [0.2, 0.25) is 0 Å². The van der Waals surface area contributed by atoms with Crippen LogP contribution in [0.15, 0.2) is 0 Å². The molecule has 0 saturated heterocycles. The minimum absolute atomic E-state index is 0.359. The molecule has 0 aromatic carbocycles. The van der Waals surface area contributed by atoms with Crippen molar-refractivity contribution in [2.45, 2.75) is 71.5 Å². The van der Waals surface area contributed by atoms with Crippen molar-refractivity contribution < 1.29 is 30.0 Å². The minimum Gasteiger partial charge on any atom is -0.481 e. The molecule has 6 heteroatoms. The van der Waals surface area contributed by atoms with E-state index in [4.69, 9.17) is 19.8 Å². The molecule has 1 rings (SSSR count). The summed E-state index contributed by atoms with van der Waals surface area (Å²) in [6.07, 6.45) is 3.52. The zero-order valence-electron chi connectivity index (χ0n) is 13.0. The number of carboxylic acid groups (broad SMARTS) is 2. The van der Waals surface area contributed by atoms with Gasteiger partial charge in [-0.25, -0.2) is 0 Å². The molecular formula is C14H28O6. The molecule has 1 fully saturated rings. The van der Waals surface area contributed by atoms with E-state index in [1.165, 1.54) is 0 Å². The van der Waals surface area contributed by atoms with E-state index in [1.807, 2.05) is 20.8 Å². The highest BCUT2D eigenvalue weighted by atomic mass is 16.4. The standard InChI is InChI=1S/C10H20O2.2C2H4O2/c1-9(2,11)8-4-6-10(3,12)7-5-8;2*1-2(3)4/h8,11-12H,4-7H2,1-3H3;2*1H3,(H,3,4). The Morgan fingerprint density at radius 2 is 1.30 bits per heavy atom. The summed E-state index contributed by atoms with van der Waals surface area (Å²) in [4.78, 5) is 18.0. The highest BCUT2D eigenvalue weighted by Crippen LogP contribution is 2.36. The first-order valence-electron chi connectivity index (χ1n) is 6.61. The van der Waals surface area contributed by atoms with Gasteiger partial charge < -0.3 is 20.4 Å². The SMILES string of the molecule is CC(=O)O.CC(=O)O.CC1(O)CCC(C(C)(C)O)CC1. The van der Waals surface area contributed by atoms with Gasteiger partial charge in [-0.15, -0.1) is 0 Å². The summed E-state index contributed by atoms with van der Waals surface area (Å²) < 4.78 is 0. The highest BCUT2D eigenvalue weighted by Gasteiger charge is 2.35. The van der Waals surface area contributed by atoms with Crippen LogP contribution in [0.25, 0.3) is 0 Å². The largest absolute Gasteiger partial charge is 0.481 e. The van der Waals surface area contributed by atoms with Crippen LogP contribution in [-0.2, 0) is 9.59 Å². The van der Waals surface area contributed by atoms with Crippen molar-refractivity contribution >= 4 is 11.9 Å². The van der Waals surface area contributed by atoms with Gasteiger partial charge in [0.15, 0.2) is 0 Å². The van der Waals surface area contributed by atoms with Crippen molar-refractivity contribution in [3.05, 3.63) is 0 Å². The molecule has 20 heavy (non-hydrogen) atoms. The van der Waals surface area contributed by atoms with Gasteiger partial charge in [0.1, 0.15) is 0 Å². The first kappa shape index (κ1) is 21.2. The van der Waals surface area contributed by atoms with Crippen molar-refractivity contribution in [1.29, 1.82) is 0 Å². The lowest BCUT2D eigenvalue weighted by Crippen LogP contribution is -2.39. The topological polar surface area (TPSA) is 115 Å². The van der Waals surface area contributed by atoms with Crippen LogP contribution in [0.4, 0.5) is 0 Å². The Labute approximate surface area is 120 Å². The van der Waals surface area contributed by atoms with Crippen LogP contribution in [0.2, 0.25) is 0 Å². The maximum Gasteiger partial charge on any atom is 0.300 e. The first-order chi connectivity index (χ1) is 8.78. The zero-order valence-corrected chi connectivity index (χ0v) is 13.0. The number of aliphatic carboxylic acids is 2. The normalized spacial score (nSPS) is 25.4. The molecule has 0 aliphatic heterocycles. The molecule has 0 atom stereocenters. The van der Waals surface area contributed by atoms with Crippen molar-refractivity contribution in [3.8, 4) is 0 Å². The number of carbonyl (C=O) groups is 2. The second-order valence-corrected chi connectivity index (χ2v) is 5.96. The van der Waals surface area contributed by atoms with Crippen molar-refractivity contribution in [2.24, 2.45) is 5.92 Å². The number of hydrogen-bond donors (Lipinski definition) is 4. The van der Waals surface area contributed by atoms with Crippen molar-refractivity contribution in [1.82, 2.24) is 0 Å². The average Bonchev–Trinajstić information content (AvgIpc) is 2.12. The lowest BCUT2D eigenvalue weighted by molar-refractivity contribution is -0.135. The molecule has 0 aromatic heterocycles. The van der Waals surface area contributed by atoms with Gasteiger partial charge in [-0.05, 0) is 52.4 Å². The fourth-order valence-electron chi connectivity index (χ4n) is 1.95. The Morgan fingerprint density at radius 3 is 1.50 bits per heavy atom. The number of hydrogen-bond acceptors (Lipinski definition) is 4. The molecule has 0 bridgehead atoms. The van der Waals surface area contributed by atoms with Crippen LogP contribution in [0, 0.1) is 5.92 Å². The molecule has 0 heterocycles. The highest BCUT2D eigenvalue weighted by molar-refractivity contribution is 5.63. The molecule has 1 aliphatic carbocycles. The molecule has 0 radical (unpaired) electrons. The summed E-state index contributed by atoms with van der Waals surface area (Å²) in [5.41, 5.74) is -1.06. The number of aliphatic hydroxyl groups is 2. The summed E-state index contributed by atoms with van der Waals surface area (Å²) in [6.45, 7) is 7.77. The fourth-order valence-corrected chi connectivity index (χ4v) is 1.95.